The summed E-state index contributed by atoms with van der Waals surface area (Å²) in [5, 5.41) is 8.07. The van der Waals surface area contributed by atoms with E-state index in [1.165, 1.54) is 18.2 Å². The van der Waals surface area contributed by atoms with Crippen molar-refractivity contribution in [3.05, 3.63) is 34.1 Å². The lowest BCUT2D eigenvalue weighted by Crippen LogP contribution is -1.73. The van der Waals surface area contributed by atoms with Crippen molar-refractivity contribution in [1.29, 1.82) is 0 Å². The van der Waals surface area contributed by atoms with E-state index >= 15 is 0 Å². The van der Waals surface area contributed by atoms with E-state index in [1.807, 2.05) is 0 Å². The van der Waals surface area contributed by atoms with Gasteiger partial charge in [-0.25, -0.2) is 4.39 Å². The maximum atomic E-state index is 12.3. The number of benzene rings is 1. The predicted molar refractivity (Wildman–Crippen MR) is 49.2 cm³/mol. The Morgan fingerprint density at radius 1 is 1.42 bits per heavy atom. The molecule has 0 saturated carbocycles. The first-order chi connectivity index (χ1) is 5.61. The summed E-state index contributed by atoms with van der Waals surface area (Å²) in [6, 6.07) is 4.03. The molecule has 0 aliphatic heterocycles. The number of hydrogen-bond acceptors (Lipinski definition) is 1. The van der Waals surface area contributed by atoms with E-state index in [1.54, 1.807) is 6.92 Å². The molecule has 0 fully saturated rings. The normalized spacial score (nSPS) is 8.75. The molecule has 1 rings (SSSR count). The Labute approximate surface area is 80.7 Å². The summed E-state index contributed by atoms with van der Waals surface area (Å²) in [5.41, 5.74) is 0. The average molecular weight is 211 g/mol. The van der Waals surface area contributed by atoms with E-state index in [9.17, 15) is 4.39 Å². The maximum absolute atomic E-state index is 12.3. The van der Waals surface area contributed by atoms with Crippen molar-refractivity contribution in [3.8, 4) is 0 Å². The van der Waals surface area contributed by atoms with Crippen LogP contribution in [0.5, 0.6) is 0 Å². The molecule has 0 amide bonds. The van der Waals surface area contributed by atoms with Gasteiger partial charge in [-0.1, -0.05) is 23.2 Å². The van der Waals surface area contributed by atoms with Crippen molar-refractivity contribution in [2.75, 3.05) is 6.61 Å². The molecule has 4 heteroatoms. The van der Waals surface area contributed by atoms with Crippen LogP contribution >= 0.6 is 23.2 Å². The Hall–Kier alpha value is -0.310. The molecule has 0 heterocycles. The van der Waals surface area contributed by atoms with E-state index in [-0.39, 0.29) is 11.6 Å². The molecule has 12 heavy (non-hydrogen) atoms. The zero-order valence-electron chi connectivity index (χ0n) is 6.52. The lowest BCUT2D eigenvalue weighted by molar-refractivity contribution is 0.318. The molecule has 1 nitrogen and oxygen atoms in total. The van der Waals surface area contributed by atoms with E-state index < -0.39 is 5.82 Å². The lowest BCUT2D eigenvalue weighted by Gasteiger charge is -1.91. The van der Waals surface area contributed by atoms with Gasteiger partial charge in [0.25, 0.3) is 0 Å². The molecule has 0 aliphatic rings. The van der Waals surface area contributed by atoms with Crippen LogP contribution in [0.4, 0.5) is 4.39 Å². The summed E-state index contributed by atoms with van der Waals surface area (Å²) in [5.74, 6) is -0.443. The molecule has 68 valence electrons. The third kappa shape index (κ3) is 4.54. The Kier molecular flexibility index (Phi) is 6.07. The fourth-order valence-corrected chi connectivity index (χ4v) is 0.879. The number of aliphatic hydroxyl groups excluding tert-OH is 1. The largest absolute Gasteiger partial charge is 0.397 e. The fourth-order valence-electron chi connectivity index (χ4n) is 0.470. The van der Waals surface area contributed by atoms with Crippen LogP contribution in [0.2, 0.25) is 10.0 Å². The van der Waals surface area contributed by atoms with Crippen LogP contribution in [0.15, 0.2) is 18.2 Å². The zero-order valence-corrected chi connectivity index (χ0v) is 8.03. The highest BCUT2D eigenvalue weighted by molar-refractivity contribution is 6.34. The minimum Gasteiger partial charge on any atom is -0.397 e. The summed E-state index contributed by atoms with van der Waals surface area (Å²) in [7, 11) is 0. The second kappa shape index (κ2) is 6.23. The van der Waals surface area contributed by atoms with Gasteiger partial charge in [0, 0.05) is 11.6 Å². The van der Waals surface area contributed by atoms with Crippen molar-refractivity contribution >= 4 is 23.2 Å². The Morgan fingerprint density at radius 3 is 2.25 bits per heavy atom. The monoisotopic (exact) mass is 210 g/mol. The zero-order chi connectivity index (χ0) is 9.56. The standard InChI is InChI=1S/C6H3Cl2F.C2H6O/c7-4-1-2-6(9)5(8)3-4;1-2-3/h1-3H;3H,2H2,1H3. The molecular formula is C8H9Cl2FO. The Morgan fingerprint density at radius 2 is 1.92 bits per heavy atom. The van der Waals surface area contributed by atoms with E-state index in [0.717, 1.165) is 0 Å². The Bertz CT molecular complexity index is 240. The Balaban J connectivity index is 0.000000354. The lowest BCUT2D eigenvalue weighted by atomic mass is 10.3. The van der Waals surface area contributed by atoms with Crippen molar-refractivity contribution in [3.63, 3.8) is 0 Å². The van der Waals surface area contributed by atoms with Crippen LogP contribution in [0.25, 0.3) is 0 Å². The highest BCUT2D eigenvalue weighted by Crippen LogP contribution is 2.18. The highest BCUT2D eigenvalue weighted by atomic mass is 35.5. The number of rotatable bonds is 0. The summed E-state index contributed by atoms with van der Waals surface area (Å²) in [6.45, 7) is 1.93. The first-order valence-electron chi connectivity index (χ1n) is 3.33. The second-order valence-corrected chi connectivity index (χ2v) is 2.72. The molecule has 0 aliphatic carbocycles. The van der Waals surface area contributed by atoms with Gasteiger partial charge in [0.1, 0.15) is 5.82 Å². The molecule has 0 bridgehead atoms. The fraction of sp³-hybridized carbons (Fsp3) is 0.250. The number of aliphatic hydroxyl groups is 1. The SMILES string of the molecule is CCO.Fc1ccc(Cl)cc1Cl. The van der Waals surface area contributed by atoms with Gasteiger partial charge >= 0.3 is 0 Å². The van der Waals surface area contributed by atoms with Gasteiger partial charge < -0.3 is 5.11 Å². The van der Waals surface area contributed by atoms with Crippen LogP contribution < -0.4 is 0 Å². The molecule has 0 unspecified atom stereocenters. The van der Waals surface area contributed by atoms with Gasteiger partial charge in [-0.3, -0.25) is 0 Å². The molecule has 0 radical (unpaired) electrons. The average Bonchev–Trinajstić information content (AvgIpc) is 1.99. The molecule has 0 spiro atoms. The van der Waals surface area contributed by atoms with E-state index in [2.05, 4.69) is 0 Å². The van der Waals surface area contributed by atoms with Gasteiger partial charge in [0.2, 0.25) is 0 Å². The summed E-state index contributed by atoms with van der Waals surface area (Å²) in [6.07, 6.45) is 0. The van der Waals surface area contributed by atoms with E-state index in [0.29, 0.717) is 5.02 Å². The van der Waals surface area contributed by atoms with Crippen molar-refractivity contribution in [1.82, 2.24) is 0 Å². The van der Waals surface area contributed by atoms with Gasteiger partial charge in [0.15, 0.2) is 0 Å². The predicted octanol–water partition coefficient (Wildman–Crippen LogP) is 3.13. The minimum atomic E-state index is -0.443. The third-order valence-electron chi connectivity index (χ3n) is 0.882. The number of halogens is 3. The van der Waals surface area contributed by atoms with Crippen LogP contribution in [-0.2, 0) is 0 Å². The van der Waals surface area contributed by atoms with E-state index in [4.69, 9.17) is 28.3 Å². The van der Waals surface area contributed by atoms with Crippen LogP contribution in [0.1, 0.15) is 6.92 Å². The second-order valence-electron chi connectivity index (χ2n) is 1.87. The van der Waals surface area contributed by atoms with Crippen LogP contribution in [-0.4, -0.2) is 11.7 Å². The first-order valence-corrected chi connectivity index (χ1v) is 4.08. The van der Waals surface area contributed by atoms with Crippen molar-refractivity contribution in [2.24, 2.45) is 0 Å². The molecular weight excluding hydrogens is 202 g/mol. The highest BCUT2D eigenvalue weighted by Gasteiger charge is 1.96. The van der Waals surface area contributed by atoms with Crippen LogP contribution in [0, 0.1) is 5.82 Å². The molecule has 1 aromatic carbocycles. The topological polar surface area (TPSA) is 20.2 Å². The summed E-state index contributed by atoms with van der Waals surface area (Å²) >= 11 is 10.8. The van der Waals surface area contributed by atoms with Gasteiger partial charge in [-0.15, -0.1) is 0 Å². The molecule has 1 N–H and O–H groups in total. The van der Waals surface area contributed by atoms with Crippen molar-refractivity contribution in [2.45, 2.75) is 6.92 Å². The van der Waals surface area contributed by atoms with Gasteiger partial charge in [-0.05, 0) is 25.1 Å². The number of hydrogen-bond donors (Lipinski definition) is 1. The van der Waals surface area contributed by atoms with Gasteiger partial charge in [-0.2, -0.15) is 0 Å². The van der Waals surface area contributed by atoms with Crippen LogP contribution in [0.3, 0.4) is 0 Å². The molecule has 0 saturated heterocycles. The molecule has 0 atom stereocenters. The van der Waals surface area contributed by atoms with Gasteiger partial charge in [0.05, 0.1) is 5.02 Å². The van der Waals surface area contributed by atoms with Crippen molar-refractivity contribution < 1.29 is 9.50 Å². The third-order valence-corrected chi connectivity index (χ3v) is 1.41. The summed E-state index contributed by atoms with van der Waals surface area (Å²) in [4.78, 5) is 0. The summed E-state index contributed by atoms with van der Waals surface area (Å²) < 4.78 is 12.3. The first kappa shape index (κ1) is 11.7. The smallest absolute Gasteiger partial charge is 0.141 e. The molecule has 1 aromatic rings. The quantitative estimate of drug-likeness (QED) is 0.653. The molecule has 0 aromatic heterocycles. The minimum absolute atomic E-state index is 0.0579. The maximum Gasteiger partial charge on any atom is 0.141 e.